The number of fused-ring (bicyclic) bond motifs is 3. The molecular formula is C28H18N2O2. The first kappa shape index (κ1) is 18.3. The molecular weight excluding hydrogens is 396 g/mol. The molecule has 0 N–H and O–H groups in total. The fourth-order valence-electron chi connectivity index (χ4n) is 4.54. The minimum atomic E-state index is -0.158. The van der Waals surface area contributed by atoms with Crippen molar-refractivity contribution in [2.45, 2.75) is 0 Å². The van der Waals surface area contributed by atoms with Crippen molar-refractivity contribution in [3.63, 3.8) is 0 Å². The van der Waals surface area contributed by atoms with Crippen LogP contribution in [0, 0.1) is 0 Å². The molecule has 2 aromatic heterocycles. The summed E-state index contributed by atoms with van der Waals surface area (Å²) >= 11 is 0. The van der Waals surface area contributed by atoms with Crippen LogP contribution in [-0.4, -0.2) is 9.13 Å². The van der Waals surface area contributed by atoms with Crippen LogP contribution >= 0.6 is 0 Å². The van der Waals surface area contributed by atoms with Gasteiger partial charge in [-0.3, -0.25) is 9.59 Å². The number of hydrogen-bond donors (Lipinski definition) is 0. The topological polar surface area (TPSA) is 44.0 Å². The van der Waals surface area contributed by atoms with E-state index in [0.717, 1.165) is 11.4 Å². The molecule has 4 nitrogen and oxygen atoms in total. The molecule has 0 aliphatic carbocycles. The van der Waals surface area contributed by atoms with E-state index < -0.39 is 0 Å². The molecule has 6 rings (SSSR count). The lowest BCUT2D eigenvalue weighted by atomic mass is 10.1. The Morgan fingerprint density at radius 2 is 0.750 bits per heavy atom. The van der Waals surface area contributed by atoms with E-state index >= 15 is 0 Å². The predicted molar refractivity (Wildman–Crippen MR) is 130 cm³/mol. The smallest absolute Gasteiger partial charge is 0.214 e. The summed E-state index contributed by atoms with van der Waals surface area (Å²) in [7, 11) is 0. The second kappa shape index (κ2) is 7.06. The van der Waals surface area contributed by atoms with Gasteiger partial charge in [0.2, 0.25) is 10.9 Å². The monoisotopic (exact) mass is 414 g/mol. The van der Waals surface area contributed by atoms with Crippen LogP contribution < -0.4 is 10.9 Å². The van der Waals surface area contributed by atoms with Gasteiger partial charge in [0.15, 0.2) is 0 Å². The Bertz CT molecular complexity index is 1620. The molecule has 6 aromatic rings. The zero-order valence-electron chi connectivity index (χ0n) is 17.1. The Balaban J connectivity index is 2.01. The molecule has 0 amide bonds. The third-order valence-corrected chi connectivity index (χ3v) is 5.91. The highest BCUT2D eigenvalue weighted by molar-refractivity contribution is 6.00. The van der Waals surface area contributed by atoms with Crippen LogP contribution in [0.1, 0.15) is 0 Å². The Hall–Kier alpha value is -4.44. The number of para-hydroxylation sites is 4. The Morgan fingerprint density at radius 3 is 1.16 bits per heavy atom. The molecule has 32 heavy (non-hydrogen) atoms. The van der Waals surface area contributed by atoms with Gasteiger partial charge >= 0.3 is 0 Å². The summed E-state index contributed by atoms with van der Waals surface area (Å²) in [5, 5.41) is 1.14. The first-order valence-corrected chi connectivity index (χ1v) is 10.5. The molecule has 0 radical (unpaired) electrons. The van der Waals surface area contributed by atoms with E-state index in [9.17, 15) is 9.59 Å². The highest BCUT2D eigenvalue weighted by Gasteiger charge is 2.21. The highest BCUT2D eigenvalue weighted by atomic mass is 16.1. The lowest BCUT2D eigenvalue weighted by molar-refractivity contribution is 1.10. The molecule has 0 aliphatic rings. The number of hydrogen-bond acceptors (Lipinski definition) is 2. The summed E-state index contributed by atoms with van der Waals surface area (Å²) in [5.41, 5.74) is 3.53. The van der Waals surface area contributed by atoms with Gasteiger partial charge in [0.25, 0.3) is 0 Å². The molecule has 0 aliphatic heterocycles. The van der Waals surface area contributed by atoms with E-state index in [1.165, 1.54) is 0 Å². The quantitative estimate of drug-likeness (QED) is 0.354. The van der Waals surface area contributed by atoms with Crippen LogP contribution in [0.2, 0.25) is 0 Å². The standard InChI is InChI=1S/C28H18N2O2/c31-27-22-16-8-10-18-24(22)30(20-13-5-2-6-14-20)26-25(27)29(19-11-3-1-4-12-19)23-17-9-7-15-21(23)28(26)32/h1-18H. The molecule has 2 heterocycles. The van der Waals surface area contributed by atoms with Gasteiger partial charge in [-0.2, -0.15) is 0 Å². The molecule has 0 saturated carbocycles. The highest BCUT2D eigenvalue weighted by Crippen LogP contribution is 2.27. The number of rotatable bonds is 2. The van der Waals surface area contributed by atoms with E-state index in [4.69, 9.17) is 0 Å². The Morgan fingerprint density at radius 1 is 0.406 bits per heavy atom. The maximum atomic E-state index is 13.9. The van der Waals surface area contributed by atoms with Gasteiger partial charge in [0, 0.05) is 22.1 Å². The van der Waals surface area contributed by atoms with E-state index in [0.29, 0.717) is 32.8 Å². The minimum Gasteiger partial charge on any atom is -0.304 e. The van der Waals surface area contributed by atoms with E-state index in [1.54, 1.807) is 0 Å². The lowest BCUT2D eigenvalue weighted by Gasteiger charge is -2.20. The number of pyridine rings is 2. The first-order chi connectivity index (χ1) is 15.8. The zero-order chi connectivity index (χ0) is 21.7. The van der Waals surface area contributed by atoms with Crippen molar-refractivity contribution in [3.05, 3.63) is 130 Å². The van der Waals surface area contributed by atoms with Gasteiger partial charge in [-0.05, 0) is 48.5 Å². The van der Waals surface area contributed by atoms with Crippen LogP contribution in [0.3, 0.4) is 0 Å². The van der Waals surface area contributed by atoms with Crippen molar-refractivity contribution in [3.8, 4) is 11.4 Å². The largest absolute Gasteiger partial charge is 0.304 e. The predicted octanol–water partition coefficient (Wildman–Crippen LogP) is 5.45. The van der Waals surface area contributed by atoms with Gasteiger partial charge < -0.3 is 9.13 Å². The minimum absolute atomic E-state index is 0.158. The zero-order valence-corrected chi connectivity index (χ0v) is 17.1. The molecule has 152 valence electrons. The van der Waals surface area contributed by atoms with E-state index in [-0.39, 0.29) is 10.9 Å². The molecule has 0 spiro atoms. The molecule has 0 fully saturated rings. The van der Waals surface area contributed by atoms with Crippen LogP contribution in [0.4, 0.5) is 0 Å². The summed E-state index contributed by atoms with van der Waals surface area (Å²) in [6, 6.07) is 34.4. The fourth-order valence-corrected chi connectivity index (χ4v) is 4.54. The van der Waals surface area contributed by atoms with E-state index in [1.807, 2.05) is 118 Å². The van der Waals surface area contributed by atoms with Crippen molar-refractivity contribution in [1.82, 2.24) is 9.13 Å². The van der Waals surface area contributed by atoms with Gasteiger partial charge in [0.05, 0.1) is 11.0 Å². The third-order valence-electron chi connectivity index (χ3n) is 5.91. The van der Waals surface area contributed by atoms with Crippen molar-refractivity contribution < 1.29 is 0 Å². The van der Waals surface area contributed by atoms with Crippen LogP contribution in [0.5, 0.6) is 0 Å². The SMILES string of the molecule is O=c1c2ccccc2n(-c2ccccc2)c2c(=O)c3ccccc3n(-c3ccccc3)c12. The fraction of sp³-hybridized carbons (Fsp3) is 0. The molecule has 0 atom stereocenters. The summed E-state index contributed by atoms with van der Waals surface area (Å²) < 4.78 is 3.83. The second-order valence-corrected chi connectivity index (χ2v) is 7.73. The van der Waals surface area contributed by atoms with Crippen LogP contribution in [0.25, 0.3) is 44.2 Å². The number of nitrogens with zero attached hydrogens (tertiary/aromatic N) is 2. The Kier molecular flexibility index (Phi) is 4.05. The maximum absolute atomic E-state index is 13.9. The first-order valence-electron chi connectivity index (χ1n) is 10.5. The molecule has 0 unspecified atom stereocenters. The van der Waals surface area contributed by atoms with Crippen molar-refractivity contribution in [2.75, 3.05) is 0 Å². The summed E-state index contributed by atoms with van der Waals surface area (Å²) in [5.74, 6) is 0. The summed E-state index contributed by atoms with van der Waals surface area (Å²) in [6.07, 6.45) is 0. The van der Waals surface area contributed by atoms with Crippen molar-refractivity contribution in [2.24, 2.45) is 0 Å². The second-order valence-electron chi connectivity index (χ2n) is 7.73. The van der Waals surface area contributed by atoms with Crippen molar-refractivity contribution in [1.29, 1.82) is 0 Å². The molecule has 4 heteroatoms. The van der Waals surface area contributed by atoms with Crippen LogP contribution in [0.15, 0.2) is 119 Å². The maximum Gasteiger partial charge on any atom is 0.214 e. The van der Waals surface area contributed by atoms with Gasteiger partial charge in [-0.1, -0.05) is 60.7 Å². The van der Waals surface area contributed by atoms with Gasteiger partial charge in [0.1, 0.15) is 11.0 Å². The normalized spacial score (nSPS) is 11.4. The number of aromatic nitrogens is 2. The average Bonchev–Trinajstić information content (AvgIpc) is 2.86. The number of benzene rings is 4. The molecule has 0 bridgehead atoms. The lowest BCUT2D eigenvalue weighted by Crippen LogP contribution is -2.22. The summed E-state index contributed by atoms with van der Waals surface area (Å²) in [4.78, 5) is 27.8. The average molecular weight is 414 g/mol. The molecule has 4 aromatic carbocycles. The third kappa shape index (κ3) is 2.56. The van der Waals surface area contributed by atoms with Crippen LogP contribution in [-0.2, 0) is 0 Å². The van der Waals surface area contributed by atoms with E-state index in [2.05, 4.69) is 0 Å². The van der Waals surface area contributed by atoms with Crippen molar-refractivity contribution >= 4 is 32.8 Å². The molecule has 0 saturated heterocycles. The van der Waals surface area contributed by atoms with Gasteiger partial charge in [-0.15, -0.1) is 0 Å². The Labute approximate surface area is 183 Å². The van der Waals surface area contributed by atoms with Gasteiger partial charge in [-0.25, -0.2) is 0 Å². The summed E-state index contributed by atoms with van der Waals surface area (Å²) in [6.45, 7) is 0.